The molecule has 0 saturated carbocycles. The molecule has 0 aliphatic carbocycles. The number of hydrogen-bond donors (Lipinski definition) is 1. The minimum Gasteiger partial charge on any atom is -0.383 e. The lowest BCUT2D eigenvalue weighted by Gasteiger charge is -2.36. The van der Waals surface area contributed by atoms with Crippen LogP contribution in [0.5, 0.6) is 0 Å². The Bertz CT molecular complexity index is 821. The lowest BCUT2D eigenvalue weighted by molar-refractivity contribution is -0.118. The van der Waals surface area contributed by atoms with E-state index in [-0.39, 0.29) is 23.6 Å². The zero-order chi connectivity index (χ0) is 19.9. The van der Waals surface area contributed by atoms with E-state index in [1.165, 1.54) is 22.2 Å². The van der Waals surface area contributed by atoms with Crippen molar-refractivity contribution in [2.75, 3.05) is 32.6 Å². The number of nitrogens with zero attached hydrogens (tertiary/aromatic N) is 1. The summed E-state index contributed by atoms with van der Waals surface area (Å²) >= 11 is 3.18. The highest BCUT2D eigenvalue weighted by molar-refractivity contribution is 8.00. The van der Waals surface area contributed by atoms with Crippen molar-refractivity contribution >= 4 is 34.9 Å². The zero-order valence-corrected chi connectivity index (χ0v) is 17.9. The van der Waals surface area contributed by atoms with E-state index in [0.29, 0.717) is 18.7 Å². The Kier molecular flexibility index (Phi) is 7.53. The highest BCUT2D eigenvalue weighted by Gasteiger charge is 2.31. The van der Waals surface area contributed by atoms with E-state index in [1.54, 1.807) is 18.4 Å². The normalized spacial score (nSPS) is 15.9. The van der Waals surface area contributed by atoms with Crippen LogP contribution in [0.4, 0.5) is 0 Å². The Hall–Kier alpha value is -1.83. The molecular formula is C21H26N2O3S2. The molecular weight excluding hydrogens is 392 g/mol. The van der Waals surface area contributed by atoms with Gasteiger partial charge in [0.15, 0.2) is 0 Å². The highest BCUT2D eigenvalue weighted by atomic mass is 32.2. The monoisotopic (exact) mass is 418 g/mol. The molecule has 1 aliphatic rings. The molecule has 1 atom stereocenters. The summed E-state index contributed by atoms with van der Waals surface area (Å²) in [6.45, 7) is 3.85. The second kappa shape index (κ2) is 10.1. The van der Waals surface area contributed by atoms with Crippen LogP contribution in [-0.4, -0.2) is 49.3 Å². The van der Waals surface area contributed by atoms with Gasteiger partial charge in [-0.05, 0) is 42.0 Å². The van der Waals surface area contributed by atoms with E-state index in [1.807, 2.05) is 29.2 Å². The predicted octanol–water partition coefficient (Wildman–Crippen LogP) is 3.75. The number of ether oxygens (including phenoxy) is 1. The molecule has 1 aromatic heterocycles. The van der Waals surface area contributed by atoms with Crippen molar-refractivity contribution in [2.24, 2.45) is 0 Å². The fourth-order valence-corrected chi connectivity index (χ4v) is 5.29. The number of carbonyl (C=O) groups excluding carboxylic acids is 2. The fraction of sp³-hybridized carbons (Fsp3) is 0.429. The number of nitrogens with one attached hydrogen (secondary N) is 1. The second-order valence-corrected chi connectivity index (χ2v) is 8.62. The first-order valence-electron chi connectivity index (χ1n) is 9.50. The molecule has 0 fully saturated rings. The van der Waals surface area contributed by atoms with Crippen LogP contribution in [-0.2, 0) is 16.0 Å². The van der Waals surface area contributed by atoms with Crippen LogP contribution in [0, 0.1) is 0 Å². The van der Waals surface area contributed by atoms with E-state index in [2.05, 4.69) is 23.7 Å². The number of thioether (sulfide) groups is 1. The van der Waals surface area contributed by atoms with E-state index < -0.39 is 0 Å². The molecule has 2 amide bonds. The molecule has 5 nitrogen and oxygen atoms in total. The molecule has 150 valence electrons. The van der Waals surface area contributed by atoms with Crippen molar-refractivity contribution < 1.29 is 14.3 Å². The average Bonchev–Trinajstić information content (AvgIpc) is 3.20. The third-order valence-electron chi connectivity index (χ3n) is 4.85. The largest absolute Gasteiger partial charge is 0.383 e. The Labute approximate surface area is 174 Å². The summed E-state index contributed by atoms with van der Waals surface area (Å²) in [4.78, 5) is 29.6. The zero-order valence-electron chi connectivity index (χ0n) is 16.3. The molecule has 1 unspecified atom stereocenters. The van der Waals surface area contributed by atoms with Crippen molar-refractivity contribution in [1.82, 2.24) is 10.2 Å². The average molecular weight is 419 g/mol. The number of amides is 2. The number of thiophene rings is 1. The maximum atomic E-state index is 13.4. The lowest BCUT2D eigenvalue weighted by atomic mass is 9.97. The molecule has 2 heterocycles. The SMILES string of the molecule is CCC1c2ccsc2CCN1C(=O)c1ccccc1SCC(=O)NCCOC. The molecule has 0 spiro atoms. The highest BCUT2D eigenvalue weighted by Crippen LogP contribution is 2.37. The molecule has 0 radical (unpaired) electrons. The molecule has 7 heteroatoms. The minimum absolute atomic E-state index is 0.0478. The van der Waals surface area contributed by atoms with Gasteiger partial charge in [-0.15, -0.1) is 23.1 Å². The number of hydrogen-bond acceptors (Lipinski definition) is 5. The smallest absolute Gasteiger partial charge is 0.255 e. The van der Waals surface area contributed by atoms with Crippen LogP contribution >= 0.6 is 23.1 Å². The summed E-state index contributed by atoms with van der Waals surface area (Å²) in [6.07, 6.45) is 1.80. The van der Waals surface area contributed by atoms with Gasteiger partial charge >= 0.3 is 0 Å². The van der Waals surface area contributed by atoms with Gasteiger partial charge in [-0.3, -0.25) is 9.59 Å². The molecule has 0 bridgehead atoms. The first-order chi connectivity index (χ1) is 13.7. The Morgan fingerprint density at radius 1 is 1.32 bits per heavy atom. The van der Waals surface area contributed by atoms with Gasteiger partial charge in [0.2, 0.25) is 5.91 Å². The Balaban J connectivity index is 1.71. The van der Waals surface area contributed by atoms with Gasteiger partial charge in [-0.1, -0.05) is 19.1 Å². The van der Waals surface area contributed by atoms with Gasteiger partial charge in [-0.25, -0.2) is 0 Å². The Morgan fingerprint density at radius 2 is 2.14 bits per heavy atom. The molecule has 1 N–H and O–H groups in total. The molecule has 0 saturated heterocycles. The van der Waals surface area contributed by atoms with Crippen LogP contribution < -0.4 is 5.32 Å². The van der Waals surface area contributed by atoms with Crippen molar-refractivity contribution in [2.45, 2.75) is 30.7 Å². The van der Waals surface area contributed by atoms with Crippen LogP contribution in [0.2, 0.25) is 0 Å². The summed E-state index contributed by atoms with van der Waals surface area (Å²) in [5.41, 5.74) is 1.96. The van der Waals surface area contributed by atoms with Crippen LogP contribution in [0.1, 0.15) is 40.2 Å². The second-order valence-electron chi connectivity index (χ2n) is 6.60. The lowest BCUT2D eigenvalue weighted by Crippen LogP contribution is -2.39. The first-order valence-corrected chi connectivity index (χ1v) is 11.4. The van der Waals surface area contributed by atoms with Crippen molar-refractivity contribution in [3.05, 3.63) is 51.7 Å². The molecule has 3 rings (SSSR count). The van der Waals surface area contributed by atoms with Crippen molar-refractivity contribution in [3.63, 3.8) is 0 Å². The number of fused-ring (bicyclic) bond motifs is 1. The van der Waals surface area contributed by atoms with Crippen LogP contribution in [0.15, 0.2) is 40.6 Å². The number of rotatable bonds is 8. The van der Waals surface area contributed by atoms with Gasteiger partial charge in [0.25, 0.3) is 5.91 Å². The quantitative estimate of drug-likeness (QED) is 0.524. The standard InChI is InChI=1S/C21H26N2O3S2/c1-3-17-15-9-13-27-19(15)8-11-23(17)21(25)16-6-4-5-7-18(16)28-14-20(24)22-10-12-26-2/h4-7,9,13,17H,3,8,10-12,14H2,1-2H3,(H,22,24). The third-order valence-corrected chi connectivity index (χ3v) is 6.92. The summed E-state index contributed by atoms with van der Waals surface area (Å²) in [6, 6.07) is 9.85. The first kappa shape index (κ1) is 20.9. The maximum absolute atomic E-state index is 13.4. The van der Waals surface area contributed by atoms with E-state index in [4.69, 9.17) is 4.74 Å². The Morgan fingerprint density at radius 3 is 2.93 bits per heavy atom. The molecule has 1 aliphatic heterocycles. The molecule has 1 aromatic carbocycles. The van der Waals surface area contributed by atoms with E-state index in [0.717, 1.165) is 24.3 Å². The predicted molar refractivity (Wildman–Crippen MR) is 114 cm³/mol. The van der Waals surface area contributed by atoms with Gasteiger partial charge in [0, 0.05) is 30.0 Å². The number of methoxy groups -OCH3 is 1. The number of benzene rings is 1. The topological polar surface area (TPSA) is 58.6 Å². The van der Waals surface area contributed by atoms with Crippen LogP contribution in [0.25, 0.3) is 0 Å². The third kappa shape index (κ3) is 4.77. The van der Waals surface area contributed by atoms with Crippen molar-refractivity contribution in [3.8, 4) is 0 Å². The summed E-state index contributed by atoms with van der Waals surface area (Å²) < 4.78 is 4.94. The summed E-state index contributed by atoms with van der Waals surface area (Å²) in [7, 11) is 1.60. The maximum Gasteiger partial charge on any atom is 0.255 e. The summed E-state index contributed by atoms with van der Waals surface area (Å²) in [5, 5.41) is 4.93. The minimum atomic E-state index is -0.0587. The molecule has 28 heavy (non-hydrogen) atoms. The summed E-state index contributed by atoms with van der Waals surface area (Å²) in [5.74, 6) is 0.267. The molecule has 2 aromatic rings. The van der Waals surface area contributed by atoms with Gasteiger partial charge in [-0.2, -0.15) is 0 Å². The van der Waals surface area contributed by atoms with Crippen molar-refractivity contribution in [1.29, 1.82) is 0 Å². The van der Waals surface area contributed by atoms with Gasteiger partial charge < -0.3 is 15.0 Å². The van der Waals surface area contributed by atoms with Crippen LogP contribution in [0.3, 0.4) is 0 Å². The fourth-order valence-electron chi connectivity index (χ4n) is 3.49. The van der Waals surface area contributed by atoms with Gasteiger partial charge in [0.1, 0.15) is 0 Å². The van der Waals surface area contributed by atoms with Gasteiger partial charge in [0.05, 0.1) is 24.0 Å². The number of carbonyl (C=O) groups is 2. The van der Waals surface area contributed by atoms with E-state index in [9.17, 15) is 9.59 Å². The van der Waals surface area contributed by atoms with E-state index >= 15 is 0 Å².